The van der Waals surface area contributed by atoms with Crippen molar-refractivity contribution in [3.63, 3.8) is 0 Å². The number of carbonyl (C=O) groups excluding carboxylic acids is 1. The topological polar surface area (TPSA) is 72.5 Å². The van der Waals surface area contributed by atoms with Crippen molar-refractivity contribution in [2.75, 3.05) is 17.4 Å². The Morgan fingerprint density at radius 1 is 1.04 bits per heavy atom. The first-order valence-corrected chi connectivity index (χ1v) is 8.63. The molecule has 2 N–H and O–H groups in total. The molecule has 1 aliphatic heterocycles. The van der Waals surface area contributed by atoms with Crippen molar-refractivity contribution >= 4 is 17.3 Å². The molecule has 0 saturated carbocycles. The van der Waals surface area contributed by atoms with E-state index < -0.39 is 0 Å². The van der Waals surface area contributed by atoms with Gasteiger partial charge in [-0.25, -0.2) is 0 Å². The molecular formula is C21H19N3O3. The zero-order valence-corrected chi connectivity index (χ0v) is 14.9. The molecule has 136 valence electrons. The van der Waals surface area contributed by atoms with Gasteiger partial charge in [0.15, 0.2) is 11.5 Å². The summed E-state index contributed by atoms with van der Waals surface area (Å²) in [7, 11) is 0. The normalized spacial score (nSPS) is 11.9. The summed E-state index contributed by atoms with van der Waals surface area (Å²) in [6.07, 6.45) is 3.24. The highest BCUT2D eigenvalue weighted by Crippen LogP contribution is 2.32. The van der Waals surface area contributed by atoms with Crippen LogP contribution in [0.5, 0.6) is 11.5 Å². The number of benzene rings is 2. The Bertz CT molecular complexity index is 988. The molecule has 0 spiro atoms. The van der Waals surface area contributed by atoms with Crippen molar-refractivity contribution in [2.24, 2.45) is 0 Å². The predicted octanol–water partition coefficient (Wildman–Crippen LogP) is 3.98. The van der Waals surface area contributed by atoms with Gasteiger partial charge in [0.05, 0.1) is 11.3 Å². The Morgan fingerprint density at radius 3 is 2.81 bits per heavy atom. The number of nitrogens with one attached hydrogen (secondary N) is 2. The first kappa shape index (κ1) is 16.9. The number of rotatable bonds is 5. The molecule has 3 aromatic rings. The number of aryl methyl sites for hydroxylation is 1. The van der Waals surface area contributed by atoms with Crippen LogP contribution in [0.4, 0.5) is 11.4 Å². The smallest absolute Gasteiger partial charge is 0.257 e. The highest BCUT2D eigenvalue weighted by atomic mass is 16.7. The lowest BCUT2D eigenvalue weighted by Crippen LogP contribution is -2.13. The summed E-state index contributed by atoms with van der Waals surface area (Å²) in [5, 5.41) is 6.17. The molecule has 27 heavy (non-hydrogen) atoms. The molecule has 0 bridgehead atoms. The second-order valence-corrected chi connectivity index (χ2v) is 6.33. The molecule has 0 fully saturated rings. The van der Waals surface area contributed by atoms with Gasteiger partial charge in [-0.3, -0.25) is 9.78 Å². The first-order valence-electron chi connectivity index (χ1n) is 8.63. The largest absolute Gasteiger partial charge is 0.454 e. The third-order valence-electron chi connectivity index (χ3n) is 4.21. The van der Waals surface area contributed by atoms with Gasteiger partial charge < -0.3 is 20.1 Å². The van der Waals surface area contributed by atoms with Crippen LogP contribution in [0, 0.1) is 6.92 Å². The standard InChI is InChI=1S/C21H19N3O3/c1-14-3-2-4-17(7-14)24-21(25)16-9-18(12-22-11-16)23-10-15-5-6-19-20(8-15)27-13-26-19/h2-9,11-12,23H,10,13H2,1H3,(H,24,25). The van der Waals surface area contributed by atoms with Crippen molar-refractivity contribution in [1.82, 2.24) is 4.98 Å². The molecule has 0 radical (unpaired) electrons. The van der Waals surface area contributed by atoms with Gasteiger partial charge in [0.2, 0.25) is 6.79 Å². The van der Waals surface area contributed by atoms with Gasteiger partial charge in [0.1, 0.15) is 0 Å². The lowest BCUT2D eigenvalue weighted by atomic mass is 10.2. The summed E-state index contributed by atoms with van der Waals surface area (Å²) in [6.45, 7) is 2.83. The highest BCUT2D eigenvalue weighted by Gasteiger charge is 2.13. The molecule has 1 amide bonds. The molecule has 6 nitrogen and oxygen atoms in total. The number of pyridine rings is 1. The zero-order valence-electron chi connectivity index (χ0n) is 14.9. The van der Waals surface area contributed by atoms with E-state index in [4.69, 9.17) is 9.47 Å². The second-order valence-electron chi connectivity index (χ2n) is 6.33. The number of fused-ring (bicyclic) bond motifs is 1. The zero-order chi connectivity index (χ0) is 18.6. The van der Waals surface area contributed by atoms with E-state index in [0.717, 1.165) is 34.0 Å². The van der Waals surface area contributed by atoms with E-state index in [9.17, 15) is 4.79 Å². The maximum absolute atomic E-state index is 12.5. The number of aromatic nitrogens is 1. The highest BCUT2D eigenvalue weighted by molar-refractivity contribution is 6.04. The third kappa shape index (κ3) is 4.00. The lowest BCUT2D eigenvalue weighted by molar-refractivity contribution is 0.102. The minimum Gasteiger partial charge on any atom is -0.454 e. The van der Waals surface area contributed by atoms with E-state index in [1.165, 1.54) is 0 Å². The van der Waals surface area contributed by atoms with Crippen LogP contribution >= 0.6 is 0 Å². The predicted molar refractivity (Wildman–Crippen MR) is 103 cm³/mol. The first-order chi connectivity index (χ1) is 13.2. The number of ether oxygens (including phenoxy) is 2. The van der Waals surface area contributed by atoms with Crippen molar-refractivity contribution in [3.8, 4) is 11.5 Å². The van der Waals surface area contributed by atoms with Gasteiger partial charge in [-0.2, -0.15) is 0 Å². The average Bonchev–Trinajstić information content (AvgIpc) is 3.14. The summed E-state index contributed by atoms with van der Waals surface area (Å²) < 4.78 is 10.7. The van der Waals surface area contributed by atoms with Crippen LogP contribution in [0.2, 0.25) is 0 Å². The molecule has 6 heteroatoms. The molecule has 0 aliphatic carbocycles. The van der Waals surface area contributed by atoms with E-state index in [0.29, 0.717) is 12.1 Å². The molecule has 0 atom stereocenters. The quantitative estimate of drug-likeness (QED) is 0.719. The van der Waals surface area contributed by atoms with Crippen molar-refractivity contribution in [1.29, 1.82) is 0 Å². The van der Waals surface area contributed by atoms with Crippen LogP contribution in [0.3, 0.4) is 0 Å². The fourth-order valence-electron chi connectivity index (χ4n) is 2.84. The number of carbonyl (C=O) groups is 1. The number of anilines is 2. The van der Waals surface area contributed by atoms with Gasteiger partial charge in [0.25, 0.3) is 5.91 Å². The molecule has 2 heterocycles. The fourth-order valence-corrected chi connectivity index (χ4v) is 2.84. The molecule has 1 aromatic heterocycles. The summed E-state index contributed by atoms with van der Waals surface area (Å²) in [5.41, 5.74) is 4.16. The van der Waals surface area contributed by atoms with E-state index in [1.807, 2.05) is 49.4 Å². The summed E-state index contributed by atoms with van der Waals surface area (Å²) in [4.78, 5) is 16.6. The summed E-state index contributed by atoms with van der Waals surface area (Å²) in [5.74, 6) is 1.31. The maximum atomic E-state index is 12.5. The Balaban J connectivity index is 1.42. The Hall–Kier alpha value is -3.54. The molecule has 1 aliphatic rings. The van der Waals surface area contributed by atoms with Crippen LogP contribution in [0.15, 0.2) is 60.9 Å². The fraction of sp³-hybridized carbons (Fsp3) is 0.143. The monoisotopic (exact) mass is 361 g/mol. The summed E-state index contributed by atoms with van der Waals surface area (Å²) in [6, 6.07) is 15.3. The van der Waals surface area contributed by atoms with Gasteiger partial charge in [-0.05, 0) is 48.4 Å². The van der Waals surface area contributed by atoms with Crippen LogP contribution in [-0.4, -0.2) is 17.7 Å². The van der Waals surface area contributed by atoms with Gasteiger partial charge in [0, 0.05) is 24.6 Å². The van der Waals surface area contributed by atoms with Crippen molar-refractivity contribution in [2.45, 2.75) is 13.5 Å². The summed E-state index contributed by atoms with van der Waals surface area (Å²) >= 11 is 0. The lowest BCUT2D eigenvalue weighted by Gasteiger charge is -2.09. The van der Waals surface area contributed by atoms with E-state index in [1.54, 1.807) is 18.5 Å². The average molecular weight is 361 g/mol. The molecule has 0 saturated heterocycles. The van der Waals surface area contributed by atoms with Gasteiger partial charge >= 0.3 is 0 Å². The third-order valence-corrected chi connectivity index (χ3v) is 4.21. The van der Waals surface area contributed by atoms with E-state index in [2.05, 4.69) is 15.6 Å². The van der Waals surface area contributed by atoms with Crippen molar-refractivity contribution in [3.05, 3.63) is 77.6 Å². The molecule has 0 unspecified atom stereocenters. The molecular weight excluding hydrogens is 342 g/mol. The van der Waals surface area contributed by atoms with E-state index in [-0.39, 0.29) is 12.7 Å². The SMILES string of the molecule is Cc1cccc(NC(=O)c2cncc(NCc3ccc4c(c3)OCO4)c2)c1. The van der Waals surface area contributed by atoms with Gasteiger partial charge in [-0.15, -0.1) is 0 Å². The van der Waals surface area contributed by atoms with Gasteiger partial charge in [-0.1, -0.05) is 18.2 Å². The Labute approximate surface area is 157 Å². The van der Waals surface area contributed by atoms with Crippen LogP contribution in [-0.2, 0) is 6.54 Å². The van der Waals surface area contributed by atoms with Crippen LogP contribution in [0.1, 0.15) is 21.5 Å². The van der Waals surface area contributed by atoms with Crippen molar-refractivity contribution < 1.29 is 14.3 Å². The number of hydrogen-bond donors (Lipinski definition) is 2. The van der Waals surface area contributed by atoms with Crippen LogP contribution < -0.4 is 20.1 Å². The minimum absolute atomic E-state index is 0.195. The van der Waals surface area contributed by atoms with Crippen LogP contribution in [0.25, 0.3) is 0 Å². The number of hydrogen-bond acceptors (Lipinski definition) is 5. The maximum Gasteiger partial charge on any atom is 0.257 e. The Kier molecular flexibility index (Phi) is 4.61. The number of amides is 1. The Morgan fingerprint density at radius 2 is 1.93 bits per heavy atom. The molecule has 2 aromatic carbocycles. The number of nitrogens with zero attached hydrogens (tertiary/aromatic N) is 1. The minimum atomic E-state index is -0.195. The van der Waals surface area contributed by atoms with E-state index >= 15 is 0 Å². The molecule has 4 rings (SSSR count). The second kappa shape index (κ2) is 7.37.